The highest BCUT2D eigenvalue weighted by molar-refractivity contribution is 5.14. The molecule has 1 nitrogen and oxygen atoms in total. The summed E-state index contributed by atoms with van der Waals surface area (Å²) in [5.74, 6) is 0.641. The average molecular weight is 181 g/mol. The van der Waals surface area contributed by atoms with E-state index in [1.807, 2.05) is 0 Å². The first-order valence-electron chi connectivity index (χ1n) is 5.09. The Hall–Kier alpha value is -0.720. The Labute approximate surface area is 83.1 Å². The van der Waals surface area contributed by atoms with E-state index in [2.05, 4.69) is 58.8 Å². The van der Waals surface area contributed by atoms with Crippen molar-refractivity contribution in [3.8, 4) is 0 Å². The summed E-state index contributed by atoms with van der Waals surface area (Å²) < 4.78 is 0. The van der Waals surface area contributed by atoms with Crippen LogP contribution in [0.1, 0.15) is 41.0 Å². The van der Waals surface area contributed by atoms with E-state index in [0.717, 1.165) is 6.42 Å². The summed E-state index contributed by atoms with van der Waals surface area (Å²) in [7, 11) is 2.12. The van der Waals surface area contributed by atoms with Gasteiger partial charge in [-0.1, -0.05) is 32.4 Å². The van der Waals surface area contributed by atoms with E-state index in [1.54, 1.807) is 0 Å². The number of allylic oxidation sites excluding steroid dienone is 3. The van der Waals surface area contributed by atoms with E-state index in [-0.39, 0.29) is 0 Å². The molecule has 0 spiro atoms. The van der Waals surface area contributed by atoms with Gasteiger partial charge in [0.25, 0.3) is 0 Å². The number of hydrogen-bond donors (Lipinski definition) is 0. The van der Waals surface area contributed by atoms with Gasteiger partial charge in [-0.05, 0) is 32.4 Å². The highest BCUT2D eigenvalue weighted by atomic mass is 15.1. The van der Waals surface area contributed by atoms with E-state index in [9.17, 15) is 0 Å². The first-order chi connectivity index (χ1) is 6.04. The molecule has 1 heteroatoms. The van der Waals surface area contributed by atoms with E-state index < -0.39 is 0 Å². The van der Waals surface area contributed by atoms with Gasteiger partial charge in [0, 0.05) is 12.7 Å². The second-order valence-electron chi connectivity index (χ2n) is 3.73. The summed E-state index contributed by atoms with van der Waals surface area (Å²) >= 11 is 0. The predicted octanol–water partition coefficient (Wildman–Crippen LogP) is 3.79. The lowest BCUT2D eigenvalue weighted by molar-refractivity contribution is 0.522. The summed E-state index contributed by atoms with van der Waals surface area (Å²) in [6.07, 6.45) is 5.29. The van der Waals surface area contributed by atoms with Gasteiger partial charge in [-0.3, -0.25) is 0 Å². The minimum Gasteiger partial charge on any atom is -0.355 e. The number of nitrogens with zero attached hydrogens (tertiary/aromatic N) is 1. The Balaban J connectivity index is 4.76. The molecule has 0 heterocycles. The smallest absolute Gasteiger partial charge is 0.0160 e. The van der Waals surface area contributed by atoms with Gasteiger partial charge in [-0.25, -0.2) is 0 Å². The molecule has 0 aromatic heterocycles. The summed E-state index contributed by atoms with van der Waals surface area (Å²) in [6.45, 7) is 11.0. The SMILES string of the molecule is CC=CN(C)C(CC)=C(C)C(C)C. The molecule has 0 amide bonds. The second kappa shape index (κ2) is 5.85. The maximum atomic E-state index is 2.24. The molecule has 0 unspecified atom stereocenters. The quantitative estimate of drug-likeness (QED) is 0.637. The summed E-state index contributed by atoms with van der Waals surface area (Å²) in [5, 5.41) is 0. The summed E-state index contributed by atoms with van der Waals surface area (Å²) in [5.41, 5.74) is 2.93. The van der Waals surface area contributed by atoms with Crippen LogP contribution in [0.4, 0.5) is 0 Å². The Morgan fingerprint density at radius 2 is 1.92 bits per heavy atom. The van der Waals surface area contributed by atoms with E-state index in [1.165, 1.54) is 11.3 Å². The van der Waals surface area contributed by atoms with Crippen molar-refractivity contribution in [1.82, 2.24) is 4.90 Å². The molecule has 0 atom stereocenters. The van der Waals surface area contributed by atoms with Gasteiger partial charge in [0.2, 0.25) is 0 Å². The molecule has 0 N–H and O–H groups in total. The molecule has 0 aromatic carbocycles. The first-order valence-corrected chi connectivity index (χ1v) is 5.09. The van der Waals surface area contributed by atoms with Gasteiger partial charge in [0.05, 0.1) is 0 Å². The fraction of sp³-hybridized carbons (Fsp3) is 0.667. The number of rotatable bonds is 4. The lowest BCUT2D eigenvalue weighted by Crippen LogP contribution is -2.13. The Morgan fingerprint density at radius 1 is 1.38 bits per heavy atom. The topological polar surface area (TPSA) is 3.24 Å². The summed E-state index contributed by atoms with van der Waals surface area (Å²) in [6, 6.07) is 0. The van der Waals surface area contributed by atoms with Crippen molar-refractivity contribution in [3.63, 3.8) is 0 Å². The standard InChI is InChI=1S/C12H23N/c1-7-9-13(6)12(8-2)11(5)10(3)4/h7,9-10H,8H2,1-6H3. The highest BCUT2D eigenvalue weighted by Crippen LogP contribution is 2.19. The molecule has 0 saturated carbocycles. The largest absolute Gasteiger partial charge is 0.355 e. The third-order valence-corrected chi connectivity index (χ3v) is 2.45. The Morgan fingerprint density at radius 3 is 2.23 bits per heavy atom. The molecule has 0 radical (unpaired) electrons. The van der Waals surface area contributed by atoms with Crippen molar-refractivity contribution in [2.45, 2.75) is 41.0 Å². The molecule has 76 valence electrons. The molecule has 0 bridgehead atoms. The van der Waals surface area contributed by atoms with Crippen LogP contribution in [0.2, 0.25) is 0 Å². The first kappa shape index (κ1) is 12.3. The van der Waals surface area contributed by atoms with E-state index >= 15 is 0 Å². The van der Waals surface area contributed by atoms with E-state index in [0.29, 0.717) is 5.92 Å². The molecular weight excluding hydrogens is 158 g/mol. The fourth-order valence-electron chi connectivity index (χ4n) is 1.45. The molecule has 0 aliphatic heterocycles. The van der Waals surface area contributed by atoms with Crippen molar-refractivity contribution in [2.24, 2.45) is 5.92 Å². The monoisotopic (exact) mass is 181 g/mol. The second-order valence-corrected chi connectivity index (χ2v) is 3.73. The van der Waals surface area contributed by atoms with E-state index in [4.69, 9.17) is 0 Å². The van der Waals surface area contributed by atoms with Crippen LogP contribution in [0.3, 0.4) is 0 Å². The molecular formula is C12H23N. The molecule has 0 saturated heterocycles. The van der Waals surface area contributed by atoms with Crippen LogP contribution in [0, 0.1) is 5.92 Å². The maximum Gasteiger partial charge on any atom is 0.0160 e. The van der Waals surface area contributed by atoms with Crippen molar-refractivity contribution in [3.05, 3.63) is 23.5 Å². The van der Waals surface area contributed by atoms with Crippen LogP contribution in [0.15, 0.2) is 23.5 Å². The van der Waals surface area contributed by atoms with Gasteiger partial charge in [0.15, 0.2) is 0 Å². The Kier molecular flexibility index (Phi) is 5.52. The van der Waals surface area contributed by atoms with Crippen molar-refractivity contribution >= 4 is 0 Å². The van der Waals surface area contributed by atoms with Crippen LogP contribution >= 0.6 is 0 Å². The van der Waals surface area contributed by atoms with Crippen molar-refractivity contribution < 1.29 is 0 Å². The van der Waals surface area contributed by atoms with Crippen molar-refractivity contribution in [2.75, 3.05) is 7.05 Å². The zero-order valence-corrected chi connectivity index (χ0v) is 9.89. The van der Waals surface area contributed by atoms with Gasteiger partial charge in [-0.2, -0.15) is 0 Å². The molecule has 0 rings (SSSR count). The molecule has 0 fully saturated rings. The van der Waals surface area contributed by atoms with Gasteiger partial charge < -0.3 is 4.90 Å². The minimum absolute atomic E-state index is 0.641. The Bertz CT molecular complexity index is 199. The maximum absolute atomic E-state index is 2.24. The van der Waals surface area contributed by atoms with Crippen LogP contribution in [0.25, 0.3) is 0 Å². The third kappa shape index (κ3) is 3.67. The lowest BCUT2D eigenvalue weighted by Gasteiger charge is -2.22. The molecule has 0 aliphatic rings. The zero-order chi connectivity index (χ0) is 10.4. The molecule has 0 aliphatic carbocycles. The van der Waals surface area contributed by atoms with Crippen LogP contribution in [-0.4, -0.2) is 11.9 Å². The fourth-order valence-corrected chi connectivity index (χ4v) is 1.45. The normalized spacial score (nSPS) is 13.8. The molecule has 13 heavy (non-hydrogen) atoms. The van der Waals surface area contributed by atoms with Gasteiger partial charge in [-0.15, -0.1) is 0 Å². The average Bonchev–Trinajstić information content (AvgIpc) is 2.05. The third-order valence-electron chi connectivity index (χ3n) is 2.45. The van der Waals surface area contributed by atoms with Crippen LogP contribution in [0.5, 0.6) is 0 Å². The van der Waals surface area contributed by atoms with Crippen molar-refractivity contribution in [1.29, 1.82) is 0 Å². The lowest BCUT2D eigenvalue weighted by atomic mass is 10.0. The number of hydrogen-bond acceptors (Lipinski definition) is 1. The molecule has 0 aromatic rings. The summed E-state index contributed by atoms with van der Waals surface area (Å²) in [4.78, 5) is 2.22. The van der Waals surface area contributed by atoms with Gasteiger partial charge in [0.1, 0.15) is 0 Å². The van der Waals surface area contributed by atoms with Gasteiger partial charge >= 0.3 is 0 Å². The predicted molar refractivity (Wildman–Crippen MR) is 60.4 cm³/mol. The highest BCUT2D eigenvalue weighted by Gasteiger charge is 2.06. The van der Waals surface area contributed by atoms with Crippen LogP contribution < -0.4 is 0 Å². The minimum atomic E-state index is 0.641. The van der Waals surface area contributed by atoms with Crippen LogP contribution in [-0.2, 0) is 0 Å². The zero-order valence-electron chi connectivity index (χ0n) is 9.89.